The first-order chi connectivity index (χ1) is 9.11. The van der Waals surface area contributed by atoms with Crippen molar-refractivity contribution in [1.29, 1.82) is 0 Å². The summed E-state index contributed by atoms with van der Waals surface area (Å²) >= 11 is 8.56. The Morgan fingerprint density at radius 3 is 2.84 bits per heavy atom. The van der Waals surface area contributed by atoms with Gasteiger partial charge in [0.25, 0.3) is 0 Å². The summed E-state index contributed by atoms with van der Waals surface area (Å²) in [6.07, 6.45) is 1.58. The van der Waals surface area contributed by atoms with Crippen LogP contribution in [0.25, 0.3) is 0 Å². The number of allylic oxidation sites excluding steroid dienone is 1. The second-order valence-electron chi connectivity index (χ2n) is 4.00. The highest BCUT2D eigenvalue weighted by Crippen LogP contribution is 2.22. The lowest BCUT2D eigenvalue weighted by molar-refractivity contribution is 0.211. The van der Waals surface area contributed by atoms with Gasteiger partial charge in [-0.15, -0.1) is 6.58 Å². The predicted molar refractivity (Wildman–Crippen MR) is 80.8 cm³/mol. The van der Waals surface area contributed by atoms with Gasteiger partial charge < -0.3 is 4.74 Å². The van der Waals surface area contributed by atoms with Gasteiger partial charge in [-0.3, -0.25) is 9.67 Å². The van der Waals surface area contributed by atoms with Crippen LogP contribution in [0.2, 0.25) is 0 Å². The fraction of sp³-hybridized carbons (Fsp3) is 0.231. The number of hydrogen-bond acceptors (Lipinski definition) is 3. The zero-order valence-electron chi connectivity index (χ0n) is 10.5. The third-order valence-electron chi connectivity index (χ3n) is 2.59. The molecule has 0 spiro atoms. The van der Waals surface area contributed by atoms with Gasteiger partial charge in [0.15, 0.2) is 16.7 Å². The fourth-order valence-electron chi connectivity index (χ4n) is 1.72. The van der Waals surface area contributed by atoms with E-state index in [4.69, 9.17) is 17.0 Å². The number of hydrogen-bond donors (Lipinski definition) is 1. The van der Waals surface area contributed by atoms with Crippen molar-refractivity contribution >= 4 is 28.1 Å². The molecule has 6 heteroatoms. The summed E-state index contributed by atoms with van der Waals surface area (Å²) in [5.41, 5.74) is 0. The van der Waals surface area contributed by atoms with Gasteiger partial charge in [0, 0.05) is 11.0 Å². The summed E-state index contributed by atoms with van der Waals surface area (Å²) in [4.78, 5) is 0. The quantitative estimate of drug-likeness (QED) is 0.660. The molecule has 4 nitrogen and oxygen atoms in total. The van der Waals surface area contributed by atoms with Crippen molar-refractivity contribution in [3.63, 3.8) is 0 Å². The molecule has 0 radical (unpaired) electrons. The summed E-state index contributed by atoms with van der Waals surface area (Å²) in [5, 5.41) is 6.99. The fourth-order valence-corrected chi connectivity index (χ4v) is 2.19. The zero-order chi connectivity index (χ0) is 13.8. The molecule has 0 saturated heterocycles. The molecule has 19 heavy (non-hydrogen) atoms. The van der Waals surface area contributed by atoms with Crippen LogP contribution in [-0.2, 0) is 6.54 Å². The number of rotatable bonds is 5. The minimum Gasteiger partial charge on any atom is -0.483 e. The molecule has 0 bridgehead atoms. The second kappa shape index (κ2) is 6.16. The van der Waals surface area contributed by atoms with E-state index in [2.05, 4.69) is 32.7 Å². The molecule has 0 aliphatic rings. The van der Waals surface area contributed by atoms with Gasteiger partial charge in [-0.25, -0.2) is 0 Å². The minimum atomic E-state index is -0.200. The summed E-state index contributed by atoms with van der Waals surface area (Å²) in [6.45, 7) is 6.26. The Morgan fingerprint density at radius 2 is 2.21 bits per heavy atom. The summed E-state index contributed by atoms with van der Waals surface area (Å²) in [5.74, 6) is 1.54. The predicted octanol–water partition coefficient (Wildman–Crippen LogP) is 4.03. The standard InChI is InChI=1S/C13H14BrN3OS/c1-3-8-17-12(15-16-13(17)19)9(2)18-11-6-4-10(14)5-7-11/h3-7,9H,1,8H2,2H3,(H,16,19)/t9-/m1/s1. The molecular weight excluding hydrogens is 326 g/mol. The van der Waals surface area contributed by atoms with Gasteiger partial charge in [-0.05, 0) is 43.4 Å². The van der Waals surface area contributed by atoms with E-state index in [0.717, 1.165) is 16.0 Å². The molecule has 100 valence electrons. The normalized spacial score (nSPS) is 12.1. The number of H-pyrrole nitrogens is 1. The maximum absolute atomic E-state index is 5.85. The first-order valence-electron chi connectivity index (χ1n) is 5.80. The number of halogens is 1. The van der Waals surface area contributed by atoms with Crippen LogP contribution in [0.3, 0.4) is 0 Å². The molecule has 1 aromatic heterocycles. The van der Waals surface area contributed by atoms with E-state index < -0.39 is 0 Å². The van der Waals surface area contributed by atoms with Gasteiger partial charge >= 0.3 is 0 Å². The summed E-state index contributed by atoms with van der Waals surface area (Å²) < 4.78 is 9.30. The average molecular weight is 340 g/mol. The van der Waals surface area contributed by atoms with Crippen molar-refractivity contribution in [3.8, 4) is 5.75 Å². The third-order valence-corrected chi connectivity index (χ3v) is 3.43. The molecule has 0 aliphatic heterocycles. The monoisotopic (exact) mass is 339 g/mol. The smallest absolute Gasteiger partial charge is 0.195 e. The molecule has 0 amide bonds. The average Bonchev–Trinajstić information content (AvgIpc) is 2.75. The van der Waals surface area contributed by atoms with Crippen LogP contribution in [0.4, 0.5) is 0 Å². The Hall–Kier alpha value is -1.40. The Bertz CT molecular complexity index is 618. The molecule has 2 rings (SSSR count). The highest BCUT2D eigenvalue weighted by Gasteiger charge is 2.15. The lowest BCUT2D eigenvalue weighted by atomic mass is 10.3. The van der Waals surface area contributed by atoms with Crippen LogP contribution < -0.4 is 4.74 Å². The molecule has 1 atom stereocenters. The van der Waals surface area contributed by atoms with Crippen LogP contribution in [0, 0.1) is 4.77 Å². The third kappa shape index (κ3) is 3.33. The van der Waals surface area contributed by atoms with Gasteiger partial charge in [0.05, 0.1) is 0 Å². The van der Waals surface area contributed by atoms with Crippen molar-refractivity contribution in [1.82, 2.24) is 14.8 Å². The van der Waals surface area contributed by atoms with Crippen LogP contribution >= 0.6 is 28.1 Å². The van der Waals surface area contributed by atoms with E-state index in [9.17, 15) is 0 Å². The van der Waals surface area contributed by atoms with Crippen LogP contribution in [0.5, 0.6) is 5.75 Å². The highest BCUT2D eigenvalue weighted by atomic mass is 79.9. The molecule has 1 aromatic carbocycles. The molecular formula is C13H14BrN3OS. The first-order valence-corrected chi connectivity index (χ1v) is 7.00. The number of nitrogens with one attached hydrogen (secondary N) is 1. The van der Waals surface area contributed by atoms with Crippen LogP contribution in [0.1, 0.15) is 18.9 Å². The van der Waals surface area contributed by atoms with Gasteiger partial charge in [-0.1, -0.05) is 22.0 Å². The largest absolute Gasteiger partial charge is 0.483 e. The number of aromatic nitrogens is 3. The van der Waals surface area contributed by atoms with E-state index >= 15 is 0 Å². The van der Waals surface area contributed by atoms with Gasteiger partial charge in [-0.2, -0.15) is 5.10 Å². The van der Waals surface area contributed by atoms with E-state index in [1.165, 1.54) is 0 Å². The SMILES string of the molecule is C=CCn1c([C@@H](C)Oc2ccc(Br)cc2)n[nH]c1=S. The first kappa shape index (κ1) is 14.0. The number of ether oxygens (including phenoxy) is 1. The van der Waals surface area contributed by atoms with Crippen molar-refractivity contribution in [2.45, 2.75) is 19.6 Å². The van der Waals surface area contributed by atoms with E-state index in [0.29, 0.717) is 11.3 Å². The molecule has 1 N–H and O–H groups in total. The lowest BCUT2D eigenvalue weighted by Gasteiger charge is -2.14. The van der Waals surface area contributed by atoms with E-state index in [-0.39, 0.29) is 6.10 Å². The molecule has 1 heterocycles. The minimum absolute atomic E-state index is 0.200. The van der Waals surface area contributed by atoms with Gasteiger partial charge in [0.2, 0.25) is 0 Å². The molecule has 2 aromatic rings. The lowest BCUT2D eigenvalue weighted by Crippen LogP contribution is -2.11. The molecule has 0 unspecified atom stereocenters. The van der Waals surface area contributed by atoms with E-state index in [1.807, 2.05) is 35.8 Å². The van der Waals surface area contributed by atoms with Gasteiger partial charge in [0.1, 0.15) is 5.75 Å². The van der Waals surface area contributed by atoms with E-state index in [1.54, 1.807) is 6.08 Å². The Balaban J connectivity index is 2.20. The molecule has 0 saturated carbocycles. The number of aromatic amines is 1. The molecule has 0 fully saturated rings. The Labute approximate surface area is 125 Å². The number of nitrogens with zero attached hydrogens (tertiary/aromatic N) is 2. The van der Waals surface area contributed by atoms with Crippen molar-refractivity contribution in [3.05, 3.63) is 52.0 Å². The zero-order valence-corrected chi connectivity index (χ0v) is 12.9. The Morgan fingerprint density at radius 1 is 1.53 bits per heavy atom. The topological polar surface area (TPSA) is 42.8 Å². The summed E-state index contributed by atoms with van der Waals surface area (Å²) in [7, 11) is 0. The van der Waals surface area contributed by atoms with Crippen LogP contribution in [0.15, 0.2) is 41.4 Å². The van der Waals surface area contributed by atoms with Crippen LogP contribution in [-0.4, -0.2) is 14.8 Å². The Kier molecular flexibility index (Phi) is 4.55. The van der Waals surface area contributed by atoms with Crippen molar-refractivity contribution in [2.24, 2.45) is 0 Å². The summed E-state index contributed by atoms with van der Waals surface area (Å²) in [6, 6.07) is 7.67. The number of benzene rings is 1. The maximum atomic E-state index is 5.85. The molecule has 0 aliphatic carbocycles. The van der Waals surface area contributed by atoms with Crippen molar-refractivity contribution in [2.75, 3.05) is 0 Å². The van der Waals surface area contributed by atoms with Crippen molar-refractivity contribution < 1.29 is 4.74 Å². The second-order valence-corrected chi connectivity index (χ2v) is 5.30. The highest BCUT2D eigenvalue weighted by molar-refractivity contribution is 9.10. The maximum Gasteiger partial charge on any atom is 0.195 e.